The molecule has 2 aromatic heterocycles. The van der Waals surface area contributed by atoms with E-state index in [1.165, 1.54) is 0 Å². The number of rotatable bonds is 3. The van der Waals surface area contributed by atoms with E-state index in [4.69, 9.17) is 4.52 Å². The summed E-state index contributed by atoms with van der Waals surface area (Å²) in [5.41, 5.74) is 2.70. The van der Waals surface area contributed by atoms with Crippen molar-refractivity contribution in [2.24, 2.45) is 0 Å². The molecule has 2 aromatic rings. The number of aromatic nitrogens is 3. The Morgan fingerprint density at radius 2 is 2.32 bits per heavy atom. The van der Waals surface area contributed by atoms with Gasteiger partial charge in [0, 0.05) is 24.8 Å². The minimum absolute atomic E-state index is 0.0723. The van der Waals surface area contributed by atoms with E-state index in [0.29, 0.717) is 19.6 Å². The summed E-state index contributed by atoms with van der Waals surface area (Å²) in [6, 6.07) is -0.0723. The molecule has 7 nitrogen and oxygen atoms in total. The van der Waals surface area contributed by atoms with Crippen LogP contribution in [0.3, 0.4) is 0 Å². The van der Waals surface area contributed by atoms with Crippen molar-refractivity contribution < 1.29 is 9.32 Å². The van der Waals surface area contributed by atoms with Crippen LogP contribution in [0, 0.1) is 13.8 Å². The second kappa shape index (κ2) is 4.42. The number of hydrogen-bond donors (Lipinski definition) is 1. The third kappa shape index (κ3) is 2.07. The molecule has 7 heteroatoms. The lowest BCUT2D eigenvalue weighted by molar-refractivity contribution is 0.252. The number of carbonyl (C=O) groups is 1. The molecule has 0 aliphatic carbocycles. The summed E-state index contributed by atoms with van der Waals surface area (Å²) < 4.78 is 6.91. The predicted molar refractivity (Wildman–Crippen MR) is 68.1 cm³/mol. The SMILES string of the molecule is Cc1noc(C)c1Cn1cc(N2CCNC2=O)cn1. The van der Waals surface area contributed by atoms with Gasteiger partial charge in [-0.2, -0.15) is 5.10 Å². The molecule has 0 bridgehead atoms. The highest BCUT2D eigenvalue weighted by atomic mass is 16.5. The summed E-state index contributed by atoms with van der Waals surface area (Å²) in [5, 5.41) is 11.0. The van der Waals surface area contributed by atoms with Gasteiger partial charge in [0.1, 0.15) is 5.76 Å². The minimum atomic E-state index is -0.0723. The Labute approximate surface area is 110 Å². The molecular formula is C12H15N5O2. The van der Waals surface area contributed by atoms with Crippen molar-refractivity contribution in [2.45, 2.75) is 20.4 Å². The van der Waals surface area contributed by atoms with E-state index < -0.39 is 0 Å². The Hall–Kier alpha value is -2.31. The lowest BCUT2D eigenvalue weighted by Gasteiger charge is -2.10. The first-order chi connectivity index (χ1) is 9.15. The zero-order valence-corrected chi connectivity index (χ0v) is 10.9. The van der Waals surface area contributed by atoms with Gasteiger partial charge in [-0.25, -0.2) is 4.79 Å². The smallest absolute Gasteiger partial charge is 0.322 e. The number of carbonyl (C=O) groups excluding carboxylic acids is 1. The summed E-state index contributed by atoms with van der Waals surface area (Å²) in [4.78, 5) is 13.2. The van der Waals surface area contributed by atoms with Gasteiger partial charge >= 0.3 is 6.03 Å². The Morgan fingerprint density at radius 1 is 1.47 bits per heavy atom. The molecular weight excluding hydrogens is 246 g/mol. The molecule has 0 unspecified atom stereocenters. The summed E-state index contributed by atoms with van der Waals surface area (Å²) in [6.07, 6.45) is 3.56. The number of hydrogen-bond acceptors (Lipinski definition) is 4. The fourth-order valence-electron chi connectivity index (χ4n) is 2.19. The molecule has 3 heterocycles. The minimum Gasteiger partial charge on any atom is -0.361 e. The van der Waals surface area contributed by atoms with Crippen LogP contribution in [0.5, 0.6) is 0 Å². The molecule has 19 heavy (non-hydrogen) atoms. The van der Waals surface area contributed by atoms with Gasteiger partial charge in [-0.15, -0.1) is 0 Å². The summed E-state index contributed by atoms with van der Waals surface area (Å²) in [6.45, 7) is 5.73. The van der Waals surface area contributed by atoms with E-state index in [2.05, 4.69) is 15.6 Å². The first-order valence-corrected chi connectivity index (χ1v) is 6.14. The number of nitrogens with zero attached hydrogens (tertiary/aromatic N) is 4. The topological polar surface area (TPSA) is 76.2 Å². The van der Waals surface area contributed by atoms with E-state index >= 15 is 0 Å². The zero-order chi connectivity index (χ0) is 13.4. The fraction of sp³-hybridized carbons (Fsp3) is 0.417. The van der Waals surface area contributed by atoms with Crippen molar-refractivity contribution in [3.8, 4) is 0 Å². The first kappa shape index (κ1) is 11.8. The lowest BCUT2D eigenvalue weighted by atomic mass is 10.2. The van der Waals surface area contributed by atoms with Crippen LogP contribution in [-0.2, 0) is 6.54 Å². The number of nitrogens with one attached hydrogen (secondary N) is 1. The average Bonchev–Trinajstić information content (AvgIpc) is 3.06. The van der Waals surface area contributed by atoms with Crippen molar-refractivity contribution in [3.63, 3.8) is 0 Å². The summed E-state index contributed by atoms with van der Waals surface area (Å²) in [7, 11) is 0. The van der Waals surface area contributed by atoms with Crippen LogP contribution < -0.4 is 10.2 Å². The molecule has 1 fully saturated rings. The van der Waals surface area contributed by atoms with E-state index in [1.807, 2.05) is 20.0 Å². The third-order valence-corrected chi connectivity index (χ3v) is 3.29. The highest BCUT2D eigenvalue weighted by Crippen LogP contribution is 2.18. The maximum Gasteiger partial charge on any atom is 0.322 e. The van der Waals surface area contributed by atoms with Crippen molar-refractivity contribution in [2.75, 3.05) is 18.0 Å². The van der Waals surface area contributed by atoms with Gasteiger partial charge in [-0.3, -0.25) is 9.58 Å². The monoisotopic (exact) mass is 261 g/mol. The van der Waals surface area contributed by atoms with Crippen LogP contribution in [0.15, 0.2) is 16.9 Å². The Balaban J connectivity index is 1.80. The van der Waals surface area contributed by atoms with Gasteiger partial charge in [0.05, 0.1) is 24.1 Å². The van der Waals surface area contributed by atoms with Crippen molar-refractivity contribution in [3.05, 3.63) is 29.4 Å². The quantitative estimate of drug-likeness (QED) is 0.896. The van der Waals surface area contributed by atoms with Gasteiger partial charge in [0.2, 0.25) is 0 Å². The highest BCUT2D eigenvalue weighted by molar-refractivity contribution is 5.93. The van der Waals surface area contributed by atoms with E-state index in [1.54, 1.807) is 15.8 Å². The summed E-state index contributed by atoms with van der Waals surface area (Å²) >= 11 is 0. The highest BCUT2D eigenvalue weighted by Gasteiger charge is 2.22. The second-order valence-corrected chi connectivity index (χ2v) is 4.58. The van der Waals surface area contributed by atoms with E-state index in [0.717, 1.165) is 22.7 Å². The van der Waals surface area contributed by atoms with Crippen molar-refractivity contribution in [1.82, 2.24) is 20.3 Å². The largest absolute Gasteiger partial charge is 0.361 e. The van der Waals surface area contributed by atoms with Crippen LogP contribution in [0.1, 0.15) is 17.0 Å². The molecule has 0 radical (unpaired) electrons. The number of amides is 2. The Bertz CT molecular complexity index is 596. The molecule has 1 aliphatic rings. The number of urea groups is 1. The van der Waals surface area contributed by atoms with Gasteiger partial charge in [0.25, 0.3) is 0 Å². The van der Waals surface area contributed by atoms with Gasteiger partial charge in [-0.05, 0) is 13.8 Å². The average molecular weight is 261 g/mol. The molecule has 1 aliphatic heterocycles. The zero-order valence-electron chi connectivity index (χ0n) is 10.9. The predicted octanol–water partition coefficient (Wildman–Crippen LogP) is 1.07. The molecule has 3 rings (SSSR count). The molecule has 0 saturated carbocycles. The van der Waals surface area contributed by atoms with E-state index in [9.17, 15) is 4.79 Å². The standard InChI is InChI=1S/C12H15N5O2/c1-8-11(9(2)19-15-8)7-16-6-10(5-14-16)17-4-3-13-12(17)18/h5-6H,3-4,7H2,1-2H3,(H,13,18). The van der Waals surface area contributed by atoms with E-state index in [-0.39, 0.29) is 6.03 Å². The lowest BCUT2D eigenvalue weighted by Crippen LogP contribution is -2.27. The number of anilines is 1. The van der Waals surface area contributed by atoms with Crippen LogP contribution in [0.25, 0.3) is 0 Å². The fourth-order valence-corrected chi connectivity index (χ4v) is 2.19. The third-order valence-electron chi connectivity index (χ3n) is 3.29. The van der Waals surface area contributed by atoms with Crippen LogP contribution in [0.4, 0.5) is 10.5 Å². The van der Waals surface area contributed by atoms with Crippen molar-refractivity contribution in [1.29, 1.82) is 0 Å². The number of aryl methyl sites for hydroxylation is 2. The molecule has 100 valence electrons. The van der Waals surface area contributed by atoms with Gasteiger partial charge in [-0.1, -0.05) is 5.16 Å². The molecule has 0 atom stereocenters. The maximum absolute atomic E-state index is 11.6. The first-order valence-electron chi connectivity index (χ1n) is 6.14. The summed E-state index contributed by atoms with van der Waals surface area (Å²) in [5.74, 6) is 0.800. The Morgan fingerprint density at radius 3 is 2.95 bits per heavy atom. The maximum atomic E-state index is 11.6. The van der Waals surface area contributed by atoms with Gasteiger partial charge < -0.3 is 9.84 Å². The molecule has 0 spiro atoms. The normalized spacial score (nSPS) is 15.1. The Kier molecular flexibility index (Phi) is 2.73. The van der Waals surface area contributed by atoms with Gasteiger partial charge in [0.15, 0.2) is 0 Å². The second-order valence-electron chi connectivity index (χ2n) is 4.58. The van der Waals surface area contributed by atoms with Crippen LogP contribution in [0.2, 0.25) is 0 Å². The molecule has 0 aromatic carbocycles. The van der Waals surface area contributed by atoms with Crippen LogP contribution >= 0.6 is 0 Å². The van der Waals surface area contributed by atoms with Crippen molar-refractivity contribution >= 4 is 11.7 Å². The molecule has 2 amide bonds. The molecule has 1 saturated heterocycles. The molecule has 1 N–H and O–H groups in total. The van der Waals surface area contributed by atoms with Crippen LogP contribution in [-0.4, -0.2) is 34.1 Å².